The molecule has 1 N–H and O–H groups in total. The fourth-order valence-corrected chi connectivity index (χ4v) is 4.18. The maximum Gasteiger partial charge on any atom is 0.123 e. The van der Waals surface area contributed by atoms with Crippen molar-refractivity contribution in [2.45, 2.75) is 45.2 Å². The SMILES string of the molecule is COc1ccccc1CN[C@@H](C)[C@@H]1C[C@H]2CC[C@H]1C2. The number of ether oxygens (including phenoxy) is 1. The topological polar surface area (TPSA) is 21.3 Å². The number of methoxy groups -OCH3 is 1. The van der Waals surface area contributed by atoms with Crippen LogP contribution in [-0.4, -0.2) is 13.2 Å². The molecule has 0 aromatic heterocycles. The first-order chi connectivity index (χ1) is 9.28. The van der Waals surface area contributed by atoms with Crippen molar-refractivity contribution in [1.82, 2.24) is 5.32 Å². The zero-order valence-corrected chi connectivity index (χ0v) is 12.1. The number of para-hydroxylation sites is 1. The molecule has 2 bridgehead atoms. The maximum atomic E-state index is 5.41. The third-order valence-electron chi connectivity index (χ3n) is 5.24. The minimum atomic E-state index is 0.625. The van der Waals surface area contributed by atoms with Crippen molar-refractivity contribution in [3.05, 3.63) is 29.8 Å². The highest BCUT2D eigenvalue weighted by Crippen LogP contribution is 2.49. The zero-order chi connectivity index (χ0) is 13.2. The van der Waals surface area contributed by atoms with E-state index in [2.05, 4.69) is 24.4 Å². The molecule has 3 rings (SSSR count). The lowest BCUT2D eigenvalue weighted by atomic mass is 9.84. The Morgan fingerprint density at radius 1 is 1.26 bits per heavy atom. The van der Waals surface area contributed by atoms with E-state index in [1.165, 1.54) is 31.2 Å². The van der Waals surface area contributed by atoms with Gasteiger partial charge in [0, 0.05) is 18.2 Å². The Kier molecular flexibility index (Phi) is 3.79. The molecule has 2 aliphatic carbocycles. The summed E-state index contributed by atoms with van der Waals surface area (Å²) in [4.78, 5) is 0. The maximum absolute atomic E-state index is 5.41. The summed E-state index contributed by atoms with van der Waals surface area (Å²) in [7, 11) is 1.75. The molecule has 1 aromatic carbocycles. The highest BCUT2D eigenvalue weighted by Gasteiger charge is 2.41. The van der Waals surface area contributed by atoms with E-state index in [1.54, 1.807) is 7.11 Å². The van der Waals surface area contributed by atoms with Crippen molar-refractivity contribution in [2.24, 2.45) is 17.8 Å². The molecule has 0 radical (unpaired) electrons. The van der Waals surface area contributed by atoms with Crippen LogP contribution in [0.3, 0.4) is 0 Å². The summed E-state index contributed by atoms with van der Waals surface area (Å²) in [5.41, 5.74) is 1.26. The Hall–Kier alpha value is -1.02. The van der Waals surface area contributed by atoms with Gasteiger partial charge in [0.1, 0.15) is 5.75 Å². The molecule has 0 unspecified atom stereocenters. The van der Waals surface area contributed by atoms with Gasteiger partial charge in [-0.1, -0.05) is 24.6 Å². The van der Waals surface area contributed by atoms with Crippen LogP contribution in [0.1, 0.15) is 38.2 Å². The highest BCUT2D eigenvalue weighted by atomic mass is 16.5. The molecule has 104 valence electrons. The standard InChI is InChI=1S/C17H25NO/c1-12(16-10-13-7-8-14(16)9-13)18-11-15-5-3-4-6-17(15)19-2/h3-6,12-14,16,18H,7-11H2,1-2H3/t12-,13-,14-,16-/m0/s1. The largest absolute Gasteiger partial charge is 0.496 e. The lowest BCUT2D eigenvalue weighted by Crippen LogP contribution is -2.35. The fourth-order valence-electron chi connectivity index (χ4n) is 4.18. The van der Waals surface area contributed by atoms with Crippen LogP contribution in [0.25, 0.3) is 0 Å². The van der Waals surface area contributed by atoms with Gasteiger partial charge >= 0.3 is 0 Å². The average Bonchev–Trinajstić information content (AvgIpc) is 3.07. The molecule has 0 spiro atoms. The lowest BCUT2D eigenvalue weighted by molar-refractivity contribution is 0.258. The number of hydrogen-bond donors (Lipinski definition) is 1. The quantitative estimate of drug-likeness (QED) is 0.872. The van der Waals surface area contributed by atoms with Crippen LogP contribution in [0, 0.1) is 17.8 Å². The van der Waals surface area contributed by atoms with Crippen LogP contribution in [-0.2, 0) is 6.54 Å². The predicted molar refractivity (Wildman–Crippen MR) is 78.2 cm³/mol. The molecule has 2 aliphatic rings. The van der Waals surface area contributed by atoms with Crippen molar-refractivity contribution in [1.29, 1.82) is 0 Å². The first kappa shape index (κ1) is 13.0. The molecule has 19 heavy (non-hydrogen) atoms. The van der Waals surface area contributed by atoms with Crippen LogP contribution < -0.4 is 10.1 Å². The minimum Gasteiger partial charge on any atom is -0.496 e. The Bertz CT molecular complexity index is 431. The summed E-state index contributed by atoms with van der Waals surface area (Å²) in [6.07, 6.45) is 5.90. The van der Waals surface area contributed by atoms with E-state index < -0.39 is 0 Å². The molecule has 0 saturated heterocycles. The Labute approximate surface area is 116 Å². The van der Waals surface area contributed by atoms with E-state index in [4.69, 9.17) is 4.74 Å². The monoisotopic (exact) mass is 259 g/mol. The van der Waals surface area contributed by atoms with Gasteiger partial charge in [0.15, 0.2) is 0 Å². The van der Waals surface area contributed by atoms with Gasteiger partial charge in [-0.25, -0.2) is 0 Å². The summed E-state index contributed by atoms with van der Waals surface area (Å²) >= 11 is 0. The average molecular weight is 259 g/mol. The Morgan fingerprint density at radius 2 is 2.11 bits per heavy atom. The molecular formula is C17H25NO. The number of fused-ring (bicyclic) bond motifs is 2. The zero-order valence-electron chi connectivity index (χ0n) is 12.1. The molecule has 0 amide bonds. The molecule has 4 atom stereocenters. The second-order valence-corrected chi connectivity index (χ2v) is 6.32. The van der Waals surface area contributed by atoms with Crippen molar-refractivity contribution in [3.8, 4) is 5.75 Å². The van der Waals surface area contributed by atoms with Crippen LogP contribution in [0.15, 0.2) is 24.3 Å². The van der Waals surface area contributed by atoms with Crippen molar-refractivity contribution in [2.75, 3.05) is 7.11 Å². The van der Waals surface area contributed by atoms with Gasteiger partial charge in [-0.3, -0.25) is 0 Å². The smallest absolute Gasteiger partial charge is 0.123 e. The third-order valence-corrected chi connectivity index (χ3v) is 5.24. The van der Waals surface area contributed by atoms with Crippen LogP contribution >= 0.6 is 0 Å². The van der Waals surface area contributed by atoms with Crippen molar-refractivity contribution >= 4 is 0 Å². The van der Waals surface area contributed by atoms with E-state index in [0.717, 1.165) is 30.0 Å². The normalized spacial score (nSPS) is 30.5. The van der Waals surface area contributed by atoms with Gasteiger partial charge < -0.3 is 10.1 Å². The second-order valence-electron chi connectivity index (χ2n) is 6.32. The molecule has 2 saturated carbocycles. The predicted octanol–water partition coefficient (Wildman–Crippen LogP) is 3.61. The Balaban J connectivity index is 1.57. The molecule has 2 nitrogen and oxygen atoms in total. The fraction of sp³-hybridized carbons (Fsp3) is 0.647. The molecule has 2 heteroatoms. The van der Waals surface area contributed by atoms with Gasteiger partial charge in [-0.2, -0.15) is 0 Å². The minimum absolute atomic E-state index is 0.625. The summed E-state index contributed by atoms with van der Waals surface area (Å²) in [5.74, 6) is 3.92. The number of hydrogen-bond acceptors (Lipinski definition) is 2. The molecule has 0 heterocycles. The first-order valence-electron chi connectivity index (χ1n) is 7.63. The number of benzene rings is 1. The molecule has 1 aromatic rings. The van der Waals surface area contributed by atoms with Crippen LogP contribution in [0.5, 0.6) is 5.75 Å². The van der Waals surface area contributed by atoms with Crippen molar-refractivity contribution in [3.63, 3.8) is 0 Å². The molecule has 2 fully saturated rings. The van der Waals surface area contributed by atoms with E-state index in [0.29, 0.717) is 6.04 Å². The summed E-state index contributed by atoms with van der Waals surface area (Å²) in [5, 5.41) is 3.72. The van der Waals surface area contributed by atoms with E-state index >= 15 is 0 Å². The van der Waals surface area contributed by atoms with Gasteiger partial charge in [0.2, 0.25) is 0 Å². The summed E-state index contributed by atoms with van der Waals surface area (Å²) in [6.45, 7) is 3.28. The van der Waals surface area contributed by atoms with E-state index in [-0.39, 0.29) is 0 Å². The van der Waals surface area contributed by atoms with Gasteiger partial charge in [0.25, 0.3) is 0 Å². The second kappa shape index (κ2) is 5.54. The van der Waals surface area contributed by atoms with Crippen LogP contribution in [0.4, 0.5) is 0 Å². The van der Waals surface area contributed by atoms with Gasteiger partial charge in [0.05, 0.1) is 7.11 Å². The Morgan fingerprint density at radius 3 is 2.79 bits per heavy atom. The van der Waals surface area contributed by atoms with E-state index in [9.17, 15) is 0 Å². The summed E-state index contributed by atoms with van der Waals surface area (Å²) in [6, 6.07) is 8.93. The lowest BCUT2D eigenvalue weighted by Gasteiger charge is -2.28. The number of nitrogens with one attached hydrogen (secondary N) is 1. The van der Waals surface area contributed by atoms with Gasteiger partial charge in [-0.05, 0) is 50.0 Å². The van der Waals surface area contributed by atoms with Crippen molar-refractivity contribution < 1.29 is 4.74 Å². The van der Waals surface area contributed by atoms with Gasteiger partial charge in [-0.15, -0.1) is 0 Å². The first-order valence-corrected chi connectivity index (χ1v) is 7.63. The third kappa shape index (κ3) is 2.64. The summed E-state index contributed by atoms with van der Waals surface area (Å²) < 4.78 is 5.41. The molecule has 0 aliphatic heterocycles. The molecular weight excluding hydrogens is 234 g/mol. The highest BCUT2D eigenvalue weighted by molar-refractivity contribution is 5.33. The number of rotatable bonds is 5. The van der Waals surface area contributed by atoms with Crippen LogP contribution in [0.2, 0.25) is 0 Å². The van der Waals surface area contributed by atoms with E-state index in [1.807, 2.05) is 12.1 Å².